The fourth-order valence-corrected chi connectivity index (χ4v) is 4.11. The quantitative estimate of drug-likeness (QED) is 0.866. The number of nitrogens with zero attached hydrogens (tertiary/aromatic N) is 4. The number of aliphatic imine (C=N–C) groups is 1. The monoisotopic (exact) mass is 379 g/mol. The van der Waals surface area contributed by atoms with Crippen LogP contribution in [0.5, 0.6) is 0 Å². The van der Waals surface area contributed by atoms with Gasteiger partial charge in [-0.1, -0.05) is 0 Å². The van der Waals surface area contributed by atoms with Gasteiger partial charge >= 0.3 is 0 Å². The lowest BCUT2D eigenvalue weighted by Gasteiger charge is -2.27. The zero-order valence-electron chi connectivity index (χ0n) is 11.8. The van der Waals surface area contributed by atoms with E-state index in [1.807, 2.05) is 6.20 Å². The number of hydrogen-bond acceptors (Lipinski definition) is 7. The Labute approximate surface area is 140 Å². The molecule has 4 rings (SSSR count). The second-order valence-corrected chi connectivity index (χ2v) is 6.77. The van der Waals surface area contributed by atoms with Crippen molar-refractivity contribution in [2.24, 2.45) is 4.99 Å². The predicted molar refractivity (Wildman–Crippen MR) is 92.6 cm³/mol. The highest BCUT2D eigenvalue weighted by molar-refractivity contribution is 9.10. The van der Waals surface area contributed by atoms with E-state index in [2.05, 4.69) is 36.5 Å². The first kappa shape index (κ1) is 14.1. The molecule has 2 aromatic rings. The molecule has 1 saturated heterocycles. The highest BCUT2D eigenvalue weighted by Crippen LogP contribution is 2.35. The Balaban J connectivity index is 1.84. The second-order valence-electron chi connectivity index (χ2n) is 5.04. The minimum atomic E-state index is 0.636. The summed E-state index contributed by atoms with van der Waals surface area (Å²) in [5.41, 5.74) is 3.01. The van der Waals surface area contributed by atoms with E-state index in [0.29, 0.717) is 6.54 Å². The zero-order chi connectivity index (χ0) is 14.9. The van der Waals surface area contributed by atoms with Gasteiger partial charge in [0.15, 0.2) is 0 Å². The number of aromatic nitrogens is 2. The van der Waals surface area contributed by atoms with E-state index in [-0.39, 0.29) is 0 Å². The van der Waals surface area contributed by atoms with Crippen molar-refractivity contribution >= 4 is 55.3 Å². The summed E-state index contributed by atoms with van der Waals surface area (Å²) in [6, 6.07) is 0. The van der Waals surface area contributed by atoms with Crippen LogP contribution < -0.4 is 10.2 Å². The first-order valence-corrected chi connectivity index (χ1v) is 8.71. The van der Waals surface area contributed by atoms with Crippen LogP contribution in [0.1, 0.15) is 5.69 Å². The molecule has 2 aliphatic rings. The minimum absolute atomic E-state index is 0.636. The van der Waals surface area contributed by atoms with Crippen molar-refractivity contribution in [3.8, 4) is 0 Å². The number of ether oxygens (including phenoxy) is 1. The molecule has 0 aliphatic carbocycles. The van der Waals surface area contributed by atoms with Crippen LogP contribution >= 0.6 is 27.3 Å². The second kappa shape index (κ2) is 5.94. The van der Waals surface area contributed by atoms with E-state index in [0.717, 1.165) is 58.2 Å². The Morgan fingerprint density at radius 3 is 2.91 bits per heavy atom. The van der Waals surface area contributed by atoms with E-state index in [9.17, 15) is 0 Å². The Morgan fingerprint density at radius 2 is 2.14 bits per heavy atom. The van der Waals surface area contributed by atoms with Crippen LogP contribution in [0.2, 0.25) is 0 Å². The van der Waals surface area contributed by atoms with E-state index in [1.54, 1.807) is 17.7 Å². The average Bonchev–Trinajstić information content (AvgIpc) is 2.97. The highest BCUT2D eigenvalue weighted by Gasteiger charge is 2.20. The van der Waals surface area contributed by atoms with Gasteiger partial charge in [-0.2, -0.15) is 0 Å². The lowest BCUT2D eigenvalue weighted by Crippen LogP contribution is -2.37. The molecule has 0 bridgehead atoms. The molecule has 0 radical (unpaired) electrons. The summed E-state index contributed by atoms with van der Waals surface area (Å²) in [5, 5.41) is 5.11. The Bertz CT molecular complexity index is 766. The molecule has 2 aliphatic heterocycles. The van der Waals surface area contributed by atoms with Crippen LogP contribution in [0.15, 0.2) is 21.0 Å². The maximum Gasteiger partial charge on any atom is 0.226 e. The van der Waals surface area contributed by atoms with E-state index in [4.69, 9.17) is 14.7 Å². The van der Waals surface area contributed by atoms with Crippen LogP contribution in [0.3, 0.4) is 0 Å². The third-order valence-corrected chi connectivity index (χ3v) is 5.53. The fraction of sp³-hybridized carbons (Fsp3) is 0.357. The molecule has 2 aromatic heterocycles. The van der Waals surface area contributed by atoms with Gasteiger partial charge in [-0.15, -0.1) is 11.3 Å². The SMILES string of the molecule is Brc1csc2c(C3=CNC=NC3)nc(N3CCOCC3)nc12. The van der Waals surface area contributed by atoms with E-state index in [1.165, 1.54) is 0 Å². The summed E-state index contributed by atoms with van der Waals surface area (Å²) in [7, 11) is 0. The molecule has 0 unspecified atom stereocenters. The Hall–Kier alpha value is -1.51. The number of halogens is 1. The predicted octanol–water partition coefficient (Wildman–Crippen LogP) is 2.26. The first-order valence-electron chi connectivity index (χ1n) is 7.04. The fourth-order valence-electron chi connectivity index (χ4n) is 2.52. The van der Waals surface area contributed by atoms with Crippen molar-refractivity contribution in [1.29, 1.82) is 0 Å². The molecular formula is C14H14BrN5OS. The molecule has 0 amide bonds. The van der Waals surface area contributed by atoms with Crippen molar-refractivity contribution in [3.63, 3.8) is 0 Å². The van der Waals surface area contributed by atoms with E-state index >= 15 is 0 Å². The third kappa shape index (κ3) is 2.51. The number of thiophene rings is 1. The molecule has 0 saturated carbocycles. The molecular weight excluding hydrogens is 366 g/mol. The summed E-state index contributed by atoms with van der Waals surface area (Å²) in [5.74, 6) is 0.764. The molecule has 22 heavy (non-hydrogen) atoms. The van der Waals surface area contributed by atoms with Gasteiger partial charge in [-0.25, -0.2) is 9.97 Å². The highest BCUT2D eigenvalue weighted by atomic mass is 79.9. The van der Waals surface area contributed by atoms with Crippen molar-refractivity contribution in [2.45, 2.75) is 0 Å². The van der Waals surface area contributed by atoms with Gasteiger partial charge in [0, 0.05) is 30.2 Å². The van der Waals surface area contributed by atoms with Crippen molar-refractivity contribution < 1.29 is 4.74 Å². The summed E-state index contributed by atoms with van der Waals surface area (Å²) >= 11 is 5.25. The van der Waals surface area contributed by atoms with Crippen LogP contribution in [0.4, 0.5) is 5.95 Å². The normalized spacial score (nSPS) is 18.4. The number of nitrogens with one attached hydrogen (secondary N) is 1. The number of hydrogen-bond donors (Lipinski definition) is 1. The largest absolute Gasteiger partial charge is 0.378 e. The van der Waals surface area contributed by atoms with Crippen LogP contribution in [-0.4, -0.2) is 49.2 Å². The maximum atomic E-state index is 5.42. The van der Waals surface area contributed by atoms with Crippen LogP contribution in [0, 0.1) is 0 Å². The van der Waals surface area contributed by atoms with E-state index < -0.39 is 0 Å². The summed E-state index contributed by atoms with van der Waals surface area (Å²) < 4.78 is 7.52. The van der Waals surface area contributed by atoms with Crippen molar-refractivity contribution in [2.75, 3.05) is 37.7 Å². The lowest BCUT2D eigenvalue weighted by atomic mass is 10.1. The van der Waals surface area contributed by atoms with Gasteiger partial charge in [0.1, 0.15) is 5.52 Å². The Morgan fingerprint density at radius 1 is 1.27 bits per heavy atom. The standard InChI is InChI=1S/C14H14BrN5OS/c15-10-7-22-13-11(9-5-16-8-17-6-9)18-14(19-12(10)13)20-1-3-21-4-2-20/h5,7-8H,1-4,6H2,(H,16,17). The third-order valence-electron chi connectivity index (χ3n) is 3.64. The molecule has 114 valence electrons. The van der Waals surface area contributed by atoms with Gasteiger partial charge in [0.05, 0.1) is 41.0 Å². The number of anilines is 1. The van der Waals surface area contributed by atoms with Gasteiger partial charge in [0.2, 0.25) is 5.95 Å². The molecule has 1 N–H and O–H groups in total. The molecule has 8 heteroatoms. The Kier molecular flexibility index (Phi) is 3.81. The number of rotatable bonds is 2. The molecule has 6 nitrogen and oxygen atoms in total. The summed E-state index contributed by atoms with van der Waals surface area (Å²) in [6.07, 6.45) is 3.67. The van der Waals surface area contributed by atoms with Crippen molar-refractivity contribution in [3.05, 3.63) is 21.7 Å². The minimum Gasteiger partial charge on any atom is -0.378 e. The average molecular weight is 380 g/mol. The maximum absolute atomic E-state index is 5.42. The van der Waals surface area contributed by atoms with Crippen LogP contribution in [-0.2, 0) is 4.74 Å². The smallest absolute Gasteiger partial charge is 0.226 e. The van der Waals surface area contributed by atoms with Crippen molar-refractivity contribution in [1.82, 2.24) is 15.3 Å². The lowest BCUT2D eigenvalue weighted by molar-refractivity contribution is 0.122. The molecule has 0 atom stereocenters. The summed E-state index contributed by atoms with van der Waals surface area (Å²) in [4.78, 5) is 16.0. The topological polar surface area (TPSA) is 62.6 Å². The molecule has 0 aromatic carbocycles. The number of morpholine rings is 1. The number of fused-ring (bicyclic) bond motifs is 1. The molecule has 4 heterocycles. The zero-order valence-corrected chi connectivity index (χ0v) is 14.2. The summed E-state index contributed by atoms with van der Waals surface area (Å²) in [6.45, 7) is 3.72. The van der Waals surface area contributed by atoms with Gasteiger partial charge in [-0.05, 0) is 15.9 Å². The van der Waals surface area contributed by atoms with Gasteiger partial charge < -0.3 is 15.0 Å². The molecule has 0 spiro atoms. The van der Waals surface area contributed by atoms with Crippen LogP contribution in [0.25, 0.3) is 15.8 Å². The molecule has 1 fully saturated rings. The first-order chi connectivity index (χ1) is 10.8. The van der Waals surface area contributed by atoms with Gasteiger partial charge in [-0.3, -0.25) is 4.99 Å². The van der Waals surface area contributed by atoms with Gasteiger partial charge in [0.25, 0.3) is 0 Å².